The van der Waals surface area contributed by atoms with E-state index in [1.165, 1.54) is 18.4 Å². The quantitative estimate of drug-likeness (QED) is 0.520. The van der Waals surface area contributed by atoms with E-state index in [1.807, 2.05) is 0 Å². The van der Waals surface area contributed by atoms with Gasteiger partial charge in [-0.25, -0.2) is 0 Å². The normalized spacial score (nSPS) is 36.5. The van der Waals surface area contributed by atoms with Gasteiger partial charge >= 0.3 is 0 Å². The lowest BCUT2D eigenvalue weighted by Crippen LogP contribution is -1.91. The summed E-state index contributed by atoms with van der Waals surface area (Å²) in [6.07, 6.45) is 9.81. The zero-order chi connectivity index (χ0) is 7.68. The van der Waals surface area contributed by atoms with Crippen molar-refractivity contribution in [2.45, 2.75) is 19.3 Å². The highest BCUT2D eigenvalue weighted by Gasteiger charge is 2.29. The Labute approximate surface area is 67.0 Å². The summed E-state index contributed by atoms with van der Waals surface area (Å²) in [6, 6.07) is 2.15. The van der Waals surface area contributed by atoms with E-state index in [4.69, 9.17) is 5.26 Å². The van der Waals surface area contributed by atoms with Crippen molar-refractivity contribution < 1.29 is 0 Å². The molecule has 0 spiro atoms. The van der Waals surface area contributed by atoms with Crippen molar-refractivity contribution in [2.24, 2.45) is 11.8 Å². The van der Waals surface area contributed by atoms with Crippen LogP contribution in [0.15, 0.2) is 23.8 Å². The molecule has 2 aliphatic rings. The highest BCUT2D eigenvalue weighted by molar-refractivity contribution is 5.27. The number of hydrogen-bond acceptors (Lipinski definition) is 1. The van der Waals surface area contributed by atoms with Gasteiger partial charge in [0.05, 0.1) is 12.5 Å². The molecule has 2 rings (SSSR count). The number of hydrogen-bond donors (Lipinski definition) is 0. The summed E-state index contributed by atoms with van der Waals surface area (Å²) in [5.41, 5.74) is 1.50. The molecule has 0 aromatic carbocycles. The van der Waals surface area contributed by atoms with Crippen molar-refractivity contribution in [3.63, 3.8) is 0 Å². The van der Waals surface area contributed by atoms with Crippen molar-refractivity contribution in [3.8, 4) is 6.07 Å². The summed E-state index contributed by atoms with van der Waals surface area (Å²) in [4.78, 5) is 0. The van der Waals surface area contributed by atoms with Crippen LogP contribution in [0.2, 0.25) is 0 Å². The van der Waals surface area contributed by atoms with Crippen molar-refractivity contribution in [1.82, 2.24) is 0 Å². The maximum absolute atomic E-state index is 8.38. The van der Waals surface area contributed by atoms with Crippen molar-refractivity contribution >= 4 is 0 Å². The average Bonchev–Trinajstić information content (AvgIpc) is 2.60. The minimum atomic E-state index is 0.590. The molecule has 2 atom stereocenters. The van der Waals surface area contributed by atoms with E-state index in [1.54, 1.807) is 0 Å². The number of allylic oxidation sites excluding steroid dienone is 4. The van der Waals surface area contributed by atoms with Crippen LogP contribution in [0.4, 0.5) is 0 Å². The molecular weight excluding hydrogens is 134 g/mol. The molecule has 0 radical (unpaired) electrons. The third kappa shape index (κ3) is 1.09. The highest BCUT2D eigenvalue weighted by Crippen LogP contribution is 2.42. The van der Waals surface area contributed by atoms with Gasteiger partial charge in [-0.2, -0.15) is 5.26 Å². The van der Waals surface area contributed by atoms with Crippen LogP contribution in [0.3, 0.4) is 0 Å². The maximum Gasteiger partial charge on any atom is 0.0663 e. The van der Waals surface area contributed by atoms with Crippen LogP contribution >= 0.6 is 0 Å². The van der Waals surface area contributed by atoms with Gasteiger partial charge in [0, 0.05) is 0 Å². The minimum Gasteiger partial charge on any atom is -0.198 e. The van der Waals surface area contributed by atoms with Gasteiger partial charge in [-0.05, 0) is 24.7 Å². The lowest BCUT2D eigenvalue weighted by atomic mass is 10.00. The Balaban J connectivity index is 2.09. The standard InChI is InChI=1S/C10H11N/c11-5-1-2-9-6-8-3-4-10(9)7-8/h2-4,8,10H,1,6-7H2. The lowest BCUT2D eigenvalue weighted by molar-refractivity contribution is 0.693. The molecule has 2 bridgehead atoms. The van der Waals surface area contributed by atoms with Gasteiger partial charge in [-0.15, -0.1) is 0 Å². The summed E-state index contributed by atoms with van der Waals surface area (Å²) < 4.78 is 0. The van der Waals surface area contributed by atoms with Gasteiger partial charge in [0.2, 0.25) is 0 Å². The molecule has 2 aliphatic carbocycles. The molecule has 0 aliphatic heterocycles. The smallest absolute Gasteiger partial charge is 0.0663 e. The minimum absolute atomic E-state index is 0.590. The van der Waals surface area contributed by atoms with Crippen molar-refractivity contribution in [3.05, 3.63) is 23.8 Å². The summed E-state index contributed by atoms with van der Waals surface area (Å²) in [6.45, 7) is 0. The molecule has 56 valence electrons. The van der Waals surface area contributed by atoms with E-state index in [0.717, 1.165) is 5.92 Å². The molecule has 0 aromatic heterocycles. The topological polar surface area (TPSA) is 23.8 Å². The van der Waals surface area contributed by atoms with Crippen LogP contribution in [0.1, 0.15) is 19.3 Å². The molecular formula is C10H11N. The van der Waals surface area contributed by atoms with Gasteiger partial charge in [0.25, 0.3) is 0 Å². The molecule has 1 nitrogen and oxygen atoms in total. The Morgan fingerprint density at radius 2 is 2.55 bits per heavy atom. The van der Waals surface area contributed by atoms with Crippen LogP contribution in [0.5, 0.6) is 0 Å². The summed E-state index contributed by atoms with van der Waals surface area (Å²) in [5.74, 6) is 1.48. The maximum atomic E-state index is 8.38. The third-order valence-electron chi connectivity index (χ3n) is 2.60. The van der Waals surface area contributed by atoms with Gasteiger partial charge in [0.15, 0.2) is 0 Å². The lowest BCUT2D eigenvalue weighted by Gasteiger charge is -2.05. The number of nitrogens with zero attached hydrogens (tertiary/aromatic N) is 1. The van der Waals surface area contributed by atoms with E-state index in [9.17, 15) is 0 Å². The SMILES string of the molecule is N#CCC=C1CC2C=CC1C2. The molecule has 2 unspecified atom stereocenters. The van der Waals surface area contributed by atoms with E-state index < -0.39 is 0 Å². The monoisotopic (exact) mass is 145 g/mol. The molecule has 11 heavy (non-hydrogen) atoms. The Bertz CT molecular complexity index is 255. The second-order valence-electron chi connectivity index (χ2n) is 3.33. The van der Waals surface area contributed by atoms with Crippen LogP contribution in [-0.2, 0) is 0 Å². The van der Waals surface area contributed by atoms with Crippen LogP contribution in [-0.4, -0.2) is 0 Å². The van der Waals surface area contributed by atoms with E-state index in [2.05, 4.69) is 24.3 Å². The summed E-state index contributed by atoms with van der Waals surface area (Å²) in [7, 11) is 0. The molecule has 1 fully saturated rings. The number of rotatable bonds is 1. The summed E-state index contributed by atoms with van der Waals surface area (Å²) >= 11 is 0. The van der Waals surface area contributed by atoms with Crippen molar-refractivity contribution in [2.75, 3.05) is 0 Å². The van der Waals surface area contributed by atoms with E-state index in [-0.39, 0.29) is 0 Å². The molecule has 0 saturated heterocycles. The summed E-state index contributed by atoms with van der Waals surface area (Å²) in [5, 5.41) is 8.38. The molecule has 0 aromatic rings. The third-order valence-corrected chi connectivity index (χ3v) is 2.60. The average molecular weight is 145 g/mol. The zero-order valence-electron chi connectivity index (χ0n) is 6.46. The van der Waals surface area contributed by atoms with Crippen LogP contribution in [0, 0.1) is 23.2 Å². The first-order chi connectivity index (χ1) is 5.40. The Morgan fingerprint density at radius 3 is 3.09 bits per heavy atom. The molecule has 0 heterocycles. The van der Waals surface area contributed by atoms with Gasteiger partial charge in [0.1, 0.15) is 0 Å². The first-order valence-corrected chi connectivity index (χ1v) is 4.14. The van der Waals surface area contributed by atoms with Gasteiger partial charge in [-0.1, -0.05) is 23.8 Å². The second-order valence-corrected chi connectivity index (χ2v) is 3.33. The zero-order valence-corrected chi connectivity index (χ0v) is 6.46. The molecule has 1 saturated carbocycles. The molecule has 1 heteroatoms. The predicted molar refractivity (Wildman–Crippen MR) is 43.7 cm³/mol. The fourth-order valence-electron chi connectivity index (χ4n) is 2.07. The highest BCUT2D eigenvalue weighted by atomic mass is 14.3. The largest absolute Gasteiger partial charge is 0.198 e. The second kappa shape index (κ2) is 2.54. The Hall–Kier alpha value is -1.03. The fourth-order valence-corrected chi connectivity index (χ4v) is 2.07. The van der Waals surface area contributed by atoms with E-state index >= 15 is 0 Å². The molecule has 0 amide bonds. The van der Waals surface area contributed by atoms with Crippen LogP contribution < -0.4 is 0 Å². The molecule has 0 N–H and O–H groups in total. The van der Waals surface area contributed by atoms with Crippen molar-refractivity contribution in [1.29, 1.82) is 5.26 Å². The first kappa shape index (κ1) is 6.67. The Kier molecular flexibility index (Phi) is 1.54. The Morgan fingerprint density at radius 1 is 1.64 bits per heavy atom. The van der Waals surface area contributed by atoms with Gasteiger partial charge < -0.3 is 0 Å². The first-order valence-electron chi connectivity index (χ1n) is 4.14. The number of fused-ring (bicyclic) bond motifs is 2. The number of nitriles is 1. The van der Waals surface area contributed by atoms with Crippen LogP contribution in [0.25, 0.3) is 0 Å². The van der Waals surface area contributed by atoms with E-state index in [0.29, 0.717) is 12.3 Å². The van der Waals surface area contributed by atoms with Gasteiger partial charge in [-0.3, -0.25) is 0 Å². The predicted octanol–water partition coefficient (Wildman–Crippen LogP) is 2.42. The fraction of sp³-hybridized carbons (Fsp3) is 0.500.